The van der Waals surface area contributed by atoms with E-state index in [-0.39, 0.29) is 35.7 Å². The van der Waals surface area contributed by atoms with Gasteiger partial charge in [0.1, 0.15) is 11.4 Å². The van der Waals surface area contributed by atoms with Crippen LogP contribution in [0.1, 0.15) is 68.3 Å². The molecule has 2 aliphatic rings. The van der Waals surface area contributed by atoms with E-state index in [9.17, 15) is 14.0 Å². The van der Waals surface area contributed by atoms with Gasteiger partial charge in [0.2, 0.25) is 0 Å². The van der Waals surface area contributed by atoms with Crippen LogP contribution in [0.3, 0.4) is 0 Å². The number of H-pyrrole nitrogens is 1. The number of carbonyl (C=O) groups is 2. The highest BCUT2D eigenvalue weighted by molar-refractivity contribution is 5.94. The van der Waals surface area contributed by atoms with Crippen molar-refractivity contribution < 1.29 is 23.5 Å². The summed E-state index contributed by atoms with van der Waals surface area (Å²) in [4.78, 5) is 38.3. The summed E-state index contributed by atoms with van der Waals surface area (Å²) in [5, 5.41) is 0. The zero-order chi connectivity index (χ0) is 27.0. The van der Waals surface area contributed by atoms with E-state index in [0.29, 0.717) is 39.0 Å². The number of ether oxygens (including phenoxy) is 2. The molecule has 38 heavy (non-hydrogen) atoms. The summed E-state index contributed by atoms with van der Waals surface area (Å²) in [5.74, 6) is -0.202. The number of nitrogens with zero attached hydrogens (tertiary/aromatic N) is 3. The number of hydrogen-bond acceptors (Lipinski definition) is 5. The van der Waals surface area contributed by atoms with Gasteiger partial charge in [-0.15, -0.1) is 0 Å². The first-order chi connectivity index (χ1) is 18.1. The lowest BCUT2D eigenvalue weighted by atomic mass is 9.98. The van der Waals surface area contributed by atoms with Crippen LogP contribution in [0.2, 0.25) is 0 Å². The maximum absolute atomic E-state index is 13.9. The van der Waals surface area contributed by atoms with Crippen LogP contribution in [0.4, 0.5) is 9.18 Å². The average Bonchev–Trinajstić information content (AvgIpc) is 3.48. The summed E-state index contributed by atoms with van der Waals surface area (Å²) in [6, 6.07) is 11.5. The molecule has 0 spiro atoms. The SMILES string of the molecule is CCN(C(=O)c1nc2ccccc2[nH]1)[C@H]1COC[C@@H](N(C(=O)OC(C)(C)C)[C@@H]2CCc3cc(F)ccc32)C1. The Labute approximate surface area is 222 Å². The maximum Gasteiger partial charge on any atom is 0.411 e. The number of amides is 2. The minimum absolute atomic E-state index is 0.205. The number of para-hydroxylation sites is 2. The van der Waals surface area contributed by atoms with E-state index < -0.39 is 11.7 Å². The molecule has 0 bridgehead atoms. The Balaban J connectivity index is 1.41. The minimum Gasteiger partial charge on any atom is -0.444 e. The third-order valence-corrected chi connectivity index (χ3v) is 7.28. The summed E-state index contributed by atoms with van der Waals surface area (Å²) in [6.07, 6.45) is 1.46. The lowest BCUT2D eigenvalue weighted by molar-refractivity contribution is -0.0504. The van der Waals surface area contributed by atoms with Gasteiger partial charge < -0.3 is 19.4 Å². The maximum atomic E-state index is 13.9. The first-order valence-corrected chi connectivity index (χ1v) is 13.3. The molecule has 1 fully saturated rings. The molecule has 8 nitrogen and oxygen atoms in total. The molecule has 2 amide bonds. The van der Waals surface area contributed by atoms with Crippen LogP contribution < -0.4 is 0 Å². The molecular formula is C29H35FN4O4. The molecular weight excluding hydrogens is 487 g/mol. The van der Waals surface area contributed by atoms with Crippen molar-refractivity contribution in [2.75, 3.05) is 19.8 Å². The number of benzene rings is 2. The largest absolute Gasteiger partial charge is 0.444 e. The number of aryl methyl sites for hydroxylation is 1. The fraction of sp³-hybridized carbons (Fsp3) is 0.483. The van der Waals surface area contributed by atoms with E-state index in [4.69, 9.17) is 9.47 Å². The van der Waals surface area contributed by atoms with Crippen molar-refractivity contribution in [3.8, 4) is 0 Å². The predicted octanol–water partition coefficient (Wildman–Crippen LogP) is 5.25. The number of hydrogen-bond donors (Lipinski definition) is 1. The highest BCUT2D eigenvalue weighted by atomic mass is 19.1. The van der Waals surface area contributed by atoms with Gasteiger partial charge in [0, 0.05) is 6.54 Å². The number of halogens is 1. The molecule has 0 saturated carbocycles. The van der Waals surface area contributed by atoms with Crippen molar-refractivity contribution in [2.24, 2.45) is 0 Å². The number of aromatic nitrogens is 2. The molecule has 2 aromatic carbocycles. The van der Waals surface area contributed by atoms with Gasteiger partial charge in [0.25, 0.3) is 5.91 Å². The van der Waals surface area contributed by atoms with E-state index in [1.54, 1.807) is 21.9 Å². The molecule has 3 aromatic rings. The van der Waals surface area contributed by atoms with Crippen LogP contribution in [0.25, 0.3) is 11.0 Å². The number of nitrogens with one attached hydrogen (secondary N) is 1. The second-order valence-corrected chi connectivity index (χ2v) is 11.1. The van der Waals surface area contributed by atoms with Crippen molar-refractivity contribution >= 4 is 23.0 Å². The lowest BCUT2D eigenvalue weighted by Crippen LogP contribution is -2.55. The van der Waals surface area contributed by atoms with Gasteiger partial charge in [0.15, 0.2) is 5.82 Å². The standard InChI is InChI=1S/C29H35FN4O4/c1-5-33(27(35)26-31-23-8-6-7-9-24(23)32-26)20-15-21(17-37-16-20)34(28(36)38-29(2,3)4)25-13-10-18-14-19(30)11-12-22(18)25/h6-9,11-12,14,20-21,25H,5,10,13,15-17H2,1-4H3,(H,31,32)/t20-,21+,25-/m1/s1. The van der Waals surface area contributed by atoms with Gasteiger partial charge >= 0.3 is 6.09 Å². The third-order valence-electron chi connectivity index (χ3n) is 7.28. The van der Waals surface area contributed by atoms with Crippen molar-refractivity contribution in [2.45, 2.75) is 70.7 Å². The topological polar surface area (TPSA) is 87.8 Å². The van der Waals surface area contributed by atoms with E-state index in [2.05, 4.69) is 9.97 Å². The summed E-state index contributed by atoms with van der Waals surface area (Å²) < 4.78 is 25.8. The highest BCUT2D eigenvalue weighted by Gasteiger charge is 2.42. The molecule has 1 aliphatic heterocycles. The van der Waals surface area contributed by atoms with E-state index in [0.717, 1.165) is 22.2 Å². The van der Waals surface area contributed by atoms with Crippen LogP contribution in [0.5, 0.6) is 0 Å². The number of aromatic amines is 1. The van der Waals surface area contributed by atoms with Gasteiger partial charge in [-0.1, -0.05) is 18.2 Å². The van der Waals surface area contributed by atoms with Gasteiger partial charge in [-0.05, 0) is 82.3 Å². The summed E-state index contributed by atoms with van der Waals surface area (Å²) >= 11 is 0. The number of carbonyl (C=O) groups excluding carboxylic acids is 2. The second-order valence-electron chi connectivity index (χ2n) is 11.1. The Morgan fingerprint density at radius 3 is 2.66 bits per heavy atom. The smallest absolute Gasteiger partial charge is 0.411 e. The van der Waals surface area contributed by atoms with Gasteiger partial charge in [0.05, 0.1) is 42.4 Å². The van der Waals surface area contributed by atoms with Crippen LogP contribution in [-0.2, 0) is 15.9 Å². The van der Waals surface area contributed by atoms with Gasteiger partial charge in [-0.3, -0.25) is 9.69 Å². The minimum atomic E-state index is -0.679. The number of likely N-dealkylation sites (N-methyl/N-ethyl adjacent to an activating group) is 1. The Morgan fingerprint density at radius 2 is 1.92 bits per heavy atom. The van der Waals surface area contributed by atoms with Gasteiger partial charge in [-0.25, -0.2) is 14.2 Å². The molecule has 0 unspecified atom stereocenters. The van der Waals surface area contributed by atoms with E-state index >= 15 is 0 Å². The number of imidazole rings is 1. The average molecular weight is 523 g/mol. The fourth-order valence-electron chi connectivity index (χ4n) is 5.66. The normalized spacial score (nSPS) is 21.2. The Hall–Kier alpha value is -3.46. The van der Waals surface area contributed by atoms with Crippen molar-refractivity contribution in [3.05, 3.63) is 65.2 Å². The monoisotopic (exact) mass is 522 g/mol. The van der Waals surface area contributed by atoms with Gasteiger partial charge in [-0.2, -0.15) is 0 Å². The van der Waals surface area contributed by atoms with E-state index in [1.807, 2.05) is 52.0 Å². The predicted molar refractivity (Wildman–Crippen MR) is 141 cm³/mol. The quantitative estimate of drug-likeness (QED) is 0.495. The zero-order valence-corrected chi connectivity index (χ0v) is 22.4. The van der Waals surface area contributed by atoms with Crippen LogP contribution in [-0.4, -0.2) is 69.2 Å². The molecule has 9 heteroatoms. The third kappa shape index (κ3) is 5.25. The summed E-state index contributed by atoms with van der Waals surface area (Å²) in [5.41, 5.74) is 2.70. The fourth-order valence-corrected chi connectivity index (χ4v) is 5.66. The lowest BCUT2D eigenvalue weighted by Gasteiger charge is -2.43. The molecule has 202 valence electrons. The first-order valence-electron chi connectivity index (χ1n) is 13.3. The number of fused-ring (bicyclic) bond motifs is 2. The molecule has 5 rings (SSSR count). The Kier molecular flexibility index (Phi) is 7.13. The van der Waals surface area contributed by atoms with E-state index in [1.165, 1.54) is 6.07 Å². The molecule has 2 heterocycles. The summed E-state index contributed by atoms with van der Waals surface area (Å²) in [6.45, 7) is 8.61. The van der Waals surface area contributed by atoms with Crippen LogP contribution in [0, 0.1) is 5.82 Å². The Bertz CT molecular complexity index is 1300. The first kappa shape index (κ1) is 26.2. The Morgan fingerprint density at radius 1 is 1.16 bits per heavy atom. The van der Waals surface area contributed by atoms with Crippen molar-refractivity contribution in [1.29, 1.82) is 0 Å². The molecule has 1 aliphatic carbocycles. The molecule has 1 saturated heterocycles. The molecule has 3 atom stereocenters. The molecule has 0 radical (unpaired) electrons. The molecule has 1 N–H and O–H groups in total. The van der Waals surface area contributed by atoms with Crippen molar-refractivity contribution in [1.82, 2.24) is 19.8 Å². The highest BCUT2D eigenvalue weighted by Crippen LogP contribution is 2.39. The number of rotatable bonds is 5. The van der Waals surface area contributed by atoms with Crippen LogP contribution >= 0.6 is 0 Å². The second kappa shape index (κ2) is 10.4. The van der Waals surface area contributed by atoms with Crippen LogP contribution in [0.15, 0.2) is 42.5 Å². The summed E-state index contributed by atoms with van der Waals surface area (Å²) in [7, 11) is 0. The zero-order valence-electron chi connectivity index (χ0n) is 22.4. The molecule has 1 aromatic heterocycles. The van der Waals surface area contributed by atoms with Crippen molar-refractivity contribution in [3.63, 3.8) is 0 Å².